The fourth-order valence-corrected chi connectivity index (χ4v) is 3.14. The Hall–Kier alpha value is -1.03. The third-order valence-electron chi connectivity index (χ3n) is 2.85. The van der Waals surface area contributed by atoms with E-state index in [2.05, 4.69) is 16.0 Å². The van der Waals surface area contributed by atoms with Crippen LogP contribution in [0.2, 0.25) is 5.02 Å². The first-order valence-electron chi connectivity index (χ1n) is 5.50. The number of benzene rings is 1. The van der Waals surface area contributed by atoms with Crippen molar-refractivity contribution in [3.8, 4) is 0 Å². The molecule has 1 aromatic carbocycles. The monoisotopic (exact) mass is 296 g/mol. The number of hydrogen-bond acceptors (Lipinski definition) is 3. The van der Waals surface area contributed by atoms with Crippen LogP contribution in [0, 0.1) is 0 Å². The van der Waals surface area contributed by atoms with Gasteiger partial charge in [-0.05, 0) is 23.1 Å². The second kappa shape index (κ2) is 4.92. The van der Waals surface area contributed by atoms with Crippen molar-refractivity contribution in [2.75, 3.05) is 4.90 Å². The summed E-state index contributed by atoms with van der Waals surface area (Å²) in [4.78, 5) is 7.47. The minimum Gasteiger partial charge on any atom is -0.332 e. The van der Waals surface area contributed by atoms with E-state index in [0.717, 1.165) is 21.2 Å². The normalized spacial score (nSPS) is 17.9. The molecule has 1 aliphatic rings. The van der Waals surface area contributed by atoms with E-state index in [1.54, 1.807) is 11.3 Å². The fraction of sp³-hybridized carbons (Fsp3) is 0.154. The van der Waals surface area contributed by atoms with E-state index in [0.29, 0.717) is 6.54 Å². The number of nitrogens with zero attached hydrogens (tertiary/aromatic N) is 2. The second-order valence-corrected chi connectivity index (χ2v) is 5.72. The molecular formula is C13H10Cl2N2S. The van der Waals surface area contributed by atoms with Crippen LogP contribution in [0.25, 0.3) is 0 Å². The molecule has 0 saturated carbocycles. The van der Waals surface area contributed by atoms with Gasteiger partial charge in [0.05, 0.1) is 10.6 Å². The van der Waals surface area contributed by atoms with Gasteiger partial charge in [0, 0.05) is 17.8 Å². The van der Waals surface area contributed by atoms with Gasteiger partial charge in [-0.3, -0.25) is 4.99 Å². The number of fused-ring (bicyclic) bond motifs is 1. The van der Waals surface area contributed by atoms with E-state index in [-0.39, 0.29) is 5.62 Å². The summed E-state index contributed by atoms with van der Waals surface area (Å²) < 4.78 is 0. The summed E-state index contributed by atoms with van der Waals surface area (Å²) >= 11 is 14.1. The van der Waals surface area contributed by atoms with Crippen LogP contribution in [0.1, 0.15) is 10.4 Å². The van der Waals surface area contributed by atoms with Crippen LogP contribution < -0.4 is 4.90 Å². The highest BCUT2D eigenvalue weighted by molar-refractivity contribution is 7.12. The zero-order valence-corrected chi connectivity index (χ0v) is 11.7. The van der Waals surface area contributed by atoms with Gasteiger partial charge < -0.3 is 4.90 Å². The lowest BCUT2D eigenvalue weighted by Gasteiger charge is -2.29. The van der Waals surface area contributed by atoms with E-state index in [9.17, 15) is 0 Å². The number of thiophene rings is 1. The summed E-state index contributed by atoms with van der Waals surface area (Å²) in [6.45, 7) is 0.662. The Kier molecular flexibility index (Phi) is 3.29. The topological polar surface area (TPSA) is 15.6 Å². The third kappa shape index (κ3) is 2.14. The molecule has 0 fully saturated rings. The molecule has 2 aromatic rings. The molecule has 0 spiro atoms. The minimum atomic E-state index is -0.372. The Labute approximate surface area is 119 Å². The number of halogens is 2. The zero-order valence-electron chi connectivity index (χ0n) is 9.38. The highest BCUT2D eigenvalue weighted by Gasteiger charge is 2.23. The average Bonchev–Trinajstić information content (AvgIpc) is 2.83. The van der Waals surface area contributed by atoms with Crippen LogP contribution in [-0.4, -0.2) is 11.8 Å². The largest absolute Gasteiger partial charge is 0.332 e. The molecule has 1 unspecified atom stereocenters. The highest BCUT2D eigenvalue weighted by Crippen LogP contribution is 2.33. The predicted octanol–water partition coefficient (Wildman–Crippen LogP) is 4.36. The molecule has 0 N–H and O–H groups in total. The van der Waals surface area contributed by atoms with Gasteiger partial charge in [0.2, 0.25) is 0 Å². The van der Waals surface area contributed by atoms with Gasteiger partial charge in [0.25, 0.3) is 0 Å². The quantitative estimate of drug-likeness (QED) is 0.594. The van der Waals surface area contributed by atoms with Gasteiger partial charge in [0.1, 0.15) is 0 Å². The van der Waals surface area contributed by atoms with Gasteiger partial charge in [0.15, 0.2) is 5.62 Å². The van der Waals surface area contributed by atoms with Crippen molar-refractivity contribution in [2.45, 2.75) is 12.2 Å². The van der Waals surface area contributed by atoms with Crippen LogP contribution in [0.15, 0.2) is 40.7 Å². The molecular weight excluding hydrogens is 287 g/mol. The molecule has 1 aromatic heterocycles. The van der Waals surface area contributed by atoms with Crippen molar-refractivity contribution in [2.24, 2.45) is 4.99 Å². The molecule has 1 atom stereocenters. The molecule has 0 bridgehead atoms. The molecule has 2 nitrogen and oxygen atoms in total. The van der Waals surface area contributed by atoms with Gasteiger partial charge in [-0.2, -0.15) is 0 Å². The summed E-state index contributed by atoms with van der Waals surface area (Å²) in [6, 6.07) is 9.87. The van der Waals surface area contributed by atoms with E-state index < -0.39 is 0 Å². The number of alkyl halides is 1. The first kappa shape index (κ1) is 12.0. The summed E-state index contributed by atoms with van der Waals surface area (Å²) in [7, 11) is 0. The predicted molar refractivity (Wildman–Crippen MR) is 79.2 cm³/mol. The van der Waals surface area contributed by atoms with Crippen LogP contribution in [0.4, 0.5) is 5.69 Å². The fourth-order valence-electron chi connectivity index (χ4n) is 1.94. The summed E-state index contributed by atoms with van der Waals surface area (Å²) in [5.74, 6) is 0. The first-order chi connectivity index (χ1) is 8.75. The van der Waals surface area contributed by atoms with E-state index in [1.807, 2.05) is 35.9 Å². The van der Waals surface area contributed by atoms with Crippen molar-refractivity contribution in [1.82, 2.24) is 0 Å². The molecule has 5 heteroatoms. The molecule has 0 radical (unpaired) electrons. The van der Waals surface area contributed by atoms with Crippen LogP contribution in [0.5, 0.6) is 0 Å². The molecule has 2 heterocycles. The SMILES string of the molecule is Clc1ccccc1CN1c2ccsc2C=NC1Cl. The van der Waals surface area contributed by atoms with Gasteiger partial charge in [-0.15, -0.1) is 11.3 Å². The van der Waals surface area contributed by atoms with E-state index in [4.69, 9.17) is 23.2 Å². The van der Waals surface area contributed by atoms with Gasteiger partial charge >= 0.3 is 0 Å². The Morgan fingerprint density at radius 2 is 2.11 bits per heavy atom. The van der Waals surface area contributed by atoms with E-state index >= 15 is 0 Å². The Balaban J connectivity index is 1.93. The van der Waals surface area contributed by atoms with Crippen molar-refractivity contribution in [3.05, 3.63) is 51.2 Å². The van der Waals surface area contributed by atoms with Crippen molar-refractivity contribution in [1.29, 1.82) is 0 Å². The molecule has 0 aliphatic carbocycles. The highest BCUT2D eigenvalue weighted by atomic mass is 35.5. The summed E-state index contributed by atoms with van der Waals surface area (Å²) in [5.41, 5.74) is 1.80. The standard InChI is InChI=1S/C13H10Cl2N2S/c14-10-4-2-1-3-9(10)8-17-11-5-6-18-12(11)7-16-13(17)15/h1-7,13H,8H2. The maximum absolute atomic E-state index is 6.26. The lowest BCUT2D eigenvalue weighted by molar-refractivity contribution is 0.759. The van der Waals surface area contributed by atoms with Crippen molar-refractivity contribution in [3.63, 3.8) is 0 Å². The maximum Gasteiger partial charge on any atom is 0.198 e. The number of rotatable bonds is 2. The molecule has 92 valence electrons. The lowest BCUT2D eigenvalue weighted by atomic mass is 10.2. The number of hydrogen-bond donors (Lipinski definition) is 0. The Morgan fingerprint density at radius 1 is 1.28 bits per heavy atom. The van der Waals surface area contributed by atoms with E-state index in [1.165, 1.54) is 0 Å². The smallest absolute Gasteiger partial charge is 0.198 e. The maximum atomic E-state index is 6.26. The molecule has 0 amide bonds. The van der Waals surface area contributed by atoms with Gasteiger partial charge in [-0.1, -0.05) is 41.4 Å². The van der Waals surface area contributed by atoms with Crippen molar-refractivity contribution < 1.29 is 0 Å². The zero-order chi connectivity index (χ0) is 12.5. The number of anilines is 1. The molecule has 3 rings (SSSR count). The first-order valence-corrected chi connectivity index (χ1v) is 7.20. The average molecular weight is 297 g/mol. The second-order valence-electron chi connectivity index (χ2n) is 3.98. The molecule has 18 heavy (non-hydrogen) atoms. The van der Waals surface area contributed by atoms with Crippen LogP contribution in [0.3, 0.4) is 0 Å². The van der Waals surface area contributed by atoms with Crippen LogP contribution in [-0.2, 0) is 6.54 Å². The molecule has 1 aliphatic heterocycles. The Bertz CT molecular complexity index is 594. The van der Waals surface area contributed by atoms with Crippen LogP contribution >= 0.6 is 34.5 Å². The van der Waals surface area contributed by atoms with Crippen molar-refractivity contribution >= 4 is 46.4 Å². The Morgan fingerprint density at radius 3 is 2.94 bits per heavy atom. The van der Waals surface area contributed by atoms with Gasteiger partial charge in [-0.25, -0.2) is 0 Å². The molecule has 0 saturated heterocycles. The minimum absolute atomic E-state index is 0.372. The summed E-state index contributed by atoms with van der Waals surface area (Å²) in [6.07, 6.45) is 1.83. The third-order valence-corrected chi connectivity index (χ3v) is 4.41. The number of aliphatic imine (C=N–C) groups is 1. The lowest BCUT2D eigenvalue weighted by Crippen LogP contribution is -2.32. The summed E-state index contributed by atoms with van der Waals surface area (Å²) in [5, 5.41) is 2.80.